The summed E-state index contributed by atoms with van der Waals surface area (Å²) in [6.07, 6.45) is 0. The Hall–Kier alpha value is -0.520. The summed E-state index contributed by atoms with van der Waals surface area (Å²) in [5.41, 5.74) is -1.52. The molecule has 1 rings (SSSR count). The first-order chi connectivity index (χ1) is 6.61. The third-order valence-electron chi connectivity index (χ3n) is 2.59. The van der Waals surface area contributed by atoms with Crippen LogP contribution in [-0.2, 0) is 19.1 Å². The van der Waals surface area contributed by atoms with Crippen molar-refractivity contribution in [3.8, 4) is 0 Å². The van der Waals surface area contributed by atoms with E-state index in [1.54, 1.807) is 0 Å². The Morgan fingerprint density at radius 1 is 1.47 bits per heavy atom. The molecule has 1 aliphatic heterocycles. The van der Waals surface area contributed by atoms with Gasteiger partial charge in [0, 0.05) is 0 Å². The average Bonchev–Trinajstić information content (AvgIpc) is 2.25. The van der Waals surface area contributed by atoms with Gasteiger partial charge in [-0.2, -0.15) is 0 Å². The number of esters is 2. The minimum Gasteiger partial charge on any atom is -0.464 e. The maximum absolute atomic E-state index is 11.3. The highest BCUT2D eigenvalue weighted by molar-refractivity contribution is 6.58. The van der Waals surface area contributed by atoms with Crippen molar-refractivity contribution in [2.24, 2.45) is 5.41 Å². The van der Waals surface area contributed by atoms with Crippen LogP contribution in [0.4, 0.5) is 0 Å². The number of ether oxygens (including phenoxy) is 2. The molecule has 0 aromatic heterocycles. The first-order valence-electron chi connectivity index (χ1n) is 4.03. The molecule has 1 saturated heterocycles. The highest BCUT2D eigenvalue weighted by Crippen LogP contribution is 2.55. The number of halogens is 2. The maximum atomic E-state index is 11.3. The number of cyclic esters (lactones) is 1. The zero-order chi connectivity index (χ0) is 12.1. The molecule has 0 aromatic carbocycles. The van der Waals surface area contributed by atoms with E-state index in [4.69, 9.17) is 23.2 Å². The maximum Gasteiger partial charge on any atom is 0.380 e. The van der Waals surface area contributed by atoms with Crippen molar-refractivity contribution < 1.29 is 24.2 Å². The molecule has 0 amide bonds. The lowest BCUT2D eigenvalue weighted by Crippen LogP contribution is -2.53. The molecule has 0 aromatic rings. The third-order valence-corrected chi connectivity index (χ3v) is 3.84. The van der Waals surface area contributed by atoms with Gasteiger partial charge in [0.05, 0.1) is 12.5 Å². The third kappa shape index (κ3) is 1.33. The van der Waals surface area contributed by atoms with Gasteiger partial charge in [0.15, 0.2) is 0 Å². The van der Waals surface area contributed by atoms with E-state index >= 15 is 0 Å². The number of rotatable bonds is 1. The van der Waals surface area contributed by atoms with Crippen LogP contribution < -0.4 is 0 Å². The predicted octanol–water partition coefficient (Wildman–Crippen LogP) is 0.605. The first-order valence-corrected chi connectivity index (χ1v) is 4.79. The van der Waals surface area contributed by atoms with Gasteiger partial charge in [0.25, 0.3) is 0 Å². The summed E-state index contributed by atoms with van der Waals surface area (Å²) in [4.78, 5) is 22.6. The molecular weight excluding hydrogens is 247 g/mol. The molecule has 0 radical (unpaired) electrons. The number of aliphatic hydroxyl groups is 1. The van der Waals surface area contributed by atoms with E-state index in [1.807, 2.05) is 0 Å². The molecule has 0 bridgehead atoms. The van der Waals surface area contributed by atoms with Crippen LogP contribution in [0.2, 0.25) is 0 Å². The van der Waals surface area contributed by atoms with E-state index in [-0.39, 0.29) is 0 Å². The predicted molar refractivity (Wildman–Crippen MR) is 51.3 cm³/mol. The quantitative estimate of drug-likeness (QED) is 0.550. The van der Waals surface area contributed by atoms with Gasteiger partial charge in [-0.3, -0.25) is 0 Å². The Kier molecular flexibility index (Phi) is 2.71. The molecule has 0 aliphatic carbocycles. The topological polar surface area (TPSA) is 72.8 Å². The molecular formula is C8H10Cl2O5. The van der Waals surface area contributed by atoms with Gasteiger partial charge < -0.3 is 14.6 Å². The second-order valence-corrected chi connectivity index (χ2v) is 5.05. The van der Waals surface area contributed by atoms with Crippen molar-refractivity contribution >= 4 is 35.1 Å². The summed E-state index contributed by atoms with van der Waals surface area (Å²) in [6.45, 7) is 2.66. The van der Waals surface area contributed by atoms with Crippen LogP contribution in [-0.4, -0.2) is 34.3 Å². The van der Waals surface area contributed by atoms with Crippen molar-refractivity contribution in [1.82, 2.24) is 0 Å². The normalized spacial score (nSPS) is 32.3. The van der Waals surface area contributed by atoms with Gasteiger partial charge in [-0.25, -0.2) is 9.59 Å². The number of hydrogen-bond donors (Lipinski definition) is 1. The van der Waals surface area contributed by atoms with Gasteiger partial charge in [-0.15, -0.1) is 0 Å². The highest BCUT2D eigenvalue weighted by atomic mass is 35.5. The molecule has 0 saturated carbocycles. The zero-order valence-electron chi connectivity index (χ0n) is 8.34. The average molecular weight is 257 g/mol. The van der Waals surface area contributed by atoms with Crippen LogP contribution in [0.3, 0.4) is 0 Å². The molecule has 7 heteroatoms. The molecule has 1 N–H and O–H groups in total. The molecule has 0 spiro atoms. The van der Waals surface area contributed by atoms with E-state index in [0.29, 0.717) is 0 Å². The number of alkyl halides is 2. The van der Waals surface area contributed by atoms with Crippen molar-refractivity contribution in [3.63, 3.8) is 0 Å². The molecule has 86 valence electrons. The van der Waals surface area contributed by atoms with Crippen LogP contribution in [0.1, 0.15) is 13.8 Å². The Morgan fingerprint density at radius 2 is 1.93 bits per heavy atom. The SMILES string of the molecule is COC(=O)C1(O)OC(=O)C(Cl)(Cl)C1(C)C. The Bertz CT molecular complexity index is 325. The molecule has 1 unspecified atom stereocenters. The Morgan fingerprint density at radius 3 is 2.20 bits per heavy atom. The summed E-state index contributed by atoms with van der Waals surface area (Å²) >= 11 is 11.4. The molecule has 1 heterocycles. The zero-order valence-corrected chi connectivity index (χ0v) is 9.85. The van der Waals surface area contributed by atoms with Gasteiger partial charge in [-0.1, -0.05) is 23.2 Å². The molecule has 5 nitrogen and oxygen atoms in total. The standard InChI is InChI=1S/C8H10Cl2O5/c1-6(2)7(9,10)4(11)15-8(6,13)5(12)14-3/h13H,1-3H3. The second kappa shape index (κ2) is 3.23. The fraction of sp³-hybridized carbons (Fsp3) is 0.750. The second-order valence-electron chi connectivity index (χ2n) is 3.72. The van der Waals surface area contributed by atoms with E-state index in [2.05, 4.69) is 9.47 Å². The van der Waals surface area contributed by atoms with E-state index in [9.17, 15) is 14.7 Å². The summed E-state index contributed by atoms with van der Waals surface area (Å²) in [6, 6.07) is 0. The minimum absolute atomic E-state index is 1.05. The molecule has 1 atom stereocenters. The van der Waals surface area contributed by atoms with Gasteiger partial charge >= 0.3 is 17.7 Å². The number of carbonyl (C=O) groups is 2. The van der Waals surface area contributed by atoms with E-state index < -0.39 is 27.5 Å². The van der Waals surface area contributed by atoms with Crippen LogP contribution >= 0.6 is 23.2 Å². The minimum atomic E-state index is -2.47. The van der Waals surface area contributed by atoms with Crippen LogP contribution in [0.25, 0.3) is 0 Å². The molecule has 1 aliphatic rings. The number of hydrogen-bond acceptors (Lipinski definition) is 5. The summed E-state index contributed by atoms with van der Waals surface area (Å²) in [5, 5.41) is 9.91. The lowest BCUT2D eigenvalue weighted by atomic mass is 9.81. The lowest BCUT2D eigenvalue weighted by molar-refractivity contribution is -0.234. The number of carbonyl (C=O) groups excluding carboxylic acids is 2. The van der Waals surface area contributed by atoms with Crippen molar-refractivity contribution in [1.29, 1.82) is 0 Å². The highest BCUT2D eigenvalue weighted by Gasteiger charge is 2.73. The lowest BCUT2D eigenvalue weighted by Gasteiger charge is -2.33. The van der Waals surface area contributed by atoms with Gasteiger partial charge in [0.1, 0.15) is 0 Å². The summed E-state index contributed by atoms with van der Waals surface area (Å²) in [7, 11) is 1.05. The van der Waals surface area contributed by atoms with Gasteiger partial charge in [-0.05, 0) is 13.8 Å². The smallest absolute Gasteiger partial charge is 0.380 e. The van der Waals surface area contributed by atoms with E-state index in [0.717, 1.165) is 7.11 Å². The Balaban J connectivity index is 3.27. The van der Waals surface area contributed by atoms with Gasteiger partial charge in [0.2, 0.25) is 4.33 Å². The Labute approximate surface area is 96.2 Å². The number of methoxy groups -OCH3 is 1. The summed E-state index contributed by atoms with van der Waals surface area (Å²) in [5.74, 6) is -4.67. The molecule has 1 fully saturated rings. The fourth-order valence-corrected chi connectivity index (χ4v) is 1.56. The van der Waals surface area contributed by atoms with Crippen LogP contribution in [0, 0.1) is 5.41 Å². The van der Waals surface area contributed by atoms with Crippen molar-refractivity contribution in [2.45, 2.75) is 24.0 Å². The van der Waals surface area contributed by atoms with Crippen LogP contribution in [0.15, 0.2) is 0 Å². The summed E-state index contributed by atoms with van der Waals surface area (Å²) < 4.78 is 6.84. The van der Waals surface area contributed by atoms with Crippen molar-refractivity contribution in [3.05, 3.63) is 0 Å². The van der Waals surface area contributed by atoms with Crippen molar-refractivity contribution in [2.75, 3.05) is 7.11 Å². The first kappa shape index (κ1) is 12.5. The largest absolute Gasteiger partial charge is 0.464 e. The van der Waals surface area contributed by atoms with E-state index in [1.165, 1.54) is 13.8 Å². The monoisotopic (exact) mass is 256 g/mol. The fourth-order valence-electron chi connectivity index (χ4n) is 1.23. The van der Waals surface area contributed by atoms with Crippen LogP contribution in [0.5, 0.6) is 0 Å². The molecule has 15 heavy (non-hydrogen) atoms.